The summed E-state index contributed by atoms with van der Waals surface area (Å²) in [6.45, 7) is -2.74. The monoisotopic (exact) mass is 584 g/mol. The molecule has 1 N–H and O–H groups in total. The molecule has 0 saturated carbocycles. The van der Waals surface area contributed by atoms with E-state index < -0.39 is 43.0 Å². The second kappa shape index (κ2) is 13.8. The van der Waals surface area contributed by atoms with Gasteiger partial charge in [-0.1, -0.05) is 72.3 Å². The summed E-state index contributed by atoms with van der Waals surface area (Å²) in [6.07, 6.45) is -0.715. The van der Waals surface area contributed by atoms with E-state index >= 15 is 0 Å². The van der Waals surface area contributed by atoms with Crippen LogP contribution in [0.4, 0.5) is 28.2 Å². The standard InChI is InChI=1S/C31H28F4N2O5/c1-19-8-10-22(11-9-19)20(2)37(31(39)40-18-21-6-4-3-5-7-21)27-15-13-24(17-36-27)28(38)23-12-14-25(41-29(32)33)26(16-23)42-30(34)35/h3-17,20,28-30,38H,18H2,1-2H3. The molecule has 0 aliphatic rings. The SMILES string of the molecule is Cc1ccc(C(C)N(C(=O)OCc2ccccc2)c2ccc(C(O)c3ccc(OC(F)F)c(OC(F)F)c3)cn2)cc1. The number of pyridine rings is 1. The first-order valence-electron chi connectivity index (χ1n) is 12.9. The van der Waals surface area contributed by atoms with Crippen molar-refractivity contribution in [2.75, 3.05) is 4.90 Å². The summed E-state index contributed by atoms with van der Waals surface area (Å²) in [5.41, 5.74) is 3.00. The minimum Gasteiger partial charge on any atom is -0.444 e. The lowest BCUT2D eigenvalue weighted by Crippen LogP contribution is -2.34. The van der Waals surface area contributed by atoms with Gasteiger partial charge in [0.25, 0.3) is 0 Å². The van der Waals surface area contributed by atoms with Gasteiger partial charge in [-0.15, -0.1) is 0 Å². The van der Waals surface area contributed by atoms with Gasteiger partial charge < -0.3 is 19.3 Å². The Labute approximate surface area is 239 Å². The maximum Gasteiger partial charge on any atom is 0.416 e. The van der Waals surface area contributed by atoms with Crippen LogP contribution < -0.4 is 14.4 Å². The van der Waals surface area contributed by atoms with E-state index in [-0.39, 0.29) is 23.6 Å². The molecular weight excluding hydrogens is 556 g/mol. The fraction of sp³-hybridized carbons (Fsp3) is 0.226. The number of nitrogens with zero attached hydrogens (tertiary/aromatic N) is 2. The molecule has 42 heavy (non-hydrogen) atoms. The van der Waals surface area contributed by atoms with E-state index in [4.69, 9.17) is 4.74 Å². The van der Waals surface area contributed by atoms with Crippen molar-refractivity contribution in [3.05, 3.63) is 119 Å². The van der Waals surface area contributed by atoms with Gasteiger partial charge in [-0.05, 0) is 48.7 Å². The van der Waals surface area contributed by atoms with Crippen LogP contribution in [0.25, 0.3) is 0 Å². The maximum absolute atomic E-state index is 13.3. The van der Waals surface area contributed by atoms with Crippen LogP contribution in [0.1, 0.15) is 46.9 Å². The fourth-order valence-electron chi connectivity index (χ4n) is 4.20. The van der Waals surface area contributed by atoms with Crippen LogP contribution in [-0.2, 0) is 11.3 Å². The van der Waals surface area contributed by atoms with Crippen LogP contribution in [0, 0.1) is 6.92 Å². The second-order valence-corrected chi connectivity index (χ2v) is 9.31. The zero-order valence-corrected chi connectivity index (χ0v) is 22.7. The van der Waals surface area contributed by atoms with Crippen molar-refractivity contribution in [3.63, 3.8) is 0 Å². The Bertz CT molecular complexity index is 1450. The Morgan fingerprint density at radius 3 is 2.07 bits per heavy atom. The highest BCUT2D eigenvalue weighted by Gasteiger charge is 2.27. The number of halogens is 4. The number of hydrogen-bond acceptors (Lipinski definition) is 6. The van der Waals surface area contributed by atoms with Gasteiger partial charge in [0.05, 0.1) is 6.04 Å². The largest absolute Gasteiger partial charge is 0.444 e. The molecule has 0 aliphatic carbocycles. The van der Waals surface area contributed by atoms with Crippen molar-refractivity contribution in [1.82, 2.24) is 4.98 Å². The Morgan fingerprint density at radius 1 is 0.833 bits per heavy atom. The molecule has 7 nitrogen and oxygen atoms in total. The number of amides is 1. The maximum atomic E-state index is 13.3. The number of alkyl halides is 4. The van der Waals surface area contributed by atoms with Crippen LogP contribution in [0.3, 0.4) is 0 Å². The number of benzene rings is 3. The van der Waals surface area contributed by atoms with Crippen LogP contribution in [0.5, 0.6) is 11.5 Å². The highest BCUT2D eigenvalue weighted by Crippen LogP contribution is 2.35. The molecule has 4 rings (SSSR count). The predicted molar refractivity (Wildman–Crippen MR) is 147 cm³/mol. The Hall–Kier alpha value is -4.64. The molecule has 2 atom stereocenters. The summed E-state index contributed by atoms with van der Waals surface area (Å²) in [5, 5.41) is 10.9. The number of aliphatic hydroxyl groups is 1. The molecule has 11 heteroatoms. The number of aryl methyl sites for hydroxylation is 1. The highest BCUT2D eigenvalue weighted by molar-refractivity contribution is 5.87. The minimum absolute atomic E-state index is 0.0435. The molecule has 1 amide bonds. The van der Waals surface area contributed by atoms with Crippen LogP contribution in [-0.4, -0.2) is 29.4 Å². The van der Waals surface area contributed by atoms with E-state index in [0.29, 0.717) is 0 Å². The smallest absolute Gasteiger partial charge is 0.416 e. The number of aliphatic hydroxyl groups excluding tert-OH is 1. The summed E-state index contributed by atoms with van der Waals surface area (Å²) in [6, 6.07) is 22.6. The summed E-state index contributed by atoms with van der Waals surface area (Å²) < 4.78 is 65.2. The van der Waals surface area contributed by atoms with E-state index in [1.807, 2.05) is 68.4 Å². The number of hydrogen-bond donors (Lipinski definition) is 1. The molecule has 220 valence electrons. The van der Waals surface area contributed by atoms with Gasteiger partial charge in [0, 0.05) is 11.8 Å². The molecule has 0 bridgehead atoms. The van der Waals surface area contributed by atoms with E-state index in [0.717, 1.165) is 28.8 Å². The highest BCUT2D eigenvalue weighted by atomic mass is 19.3. The molecule has 2 unspecified atom stereocenters. The molecule has 0 aliphatic heterocycles. The molecule has 0 spiro atoms. The molecule has 4 aromatic rings. The van der Waals surface area contributed by atoms with Crippen molar-refractivity contribution in [1.29, 1.82) is 0 Å². The third kappa shape index (κ3) is 7.76. The summed E-state index contributed by atoms with van der Waals surface area (Å²) in [5.74, 6) is -1.03. The van der Waals surface area contributed by atoms with Crippen molar-refractivity contribution < 1.29 is 41.7 Å². The quantitative estimate of drug-likeness (QED) is 0.183. The predicted octanol–water partition coefficient (Wildman–Crippen LogP) is 7.58. The molecule has 1 heterocycles. The van der Waals surface area contributed by atoms with Crippen LogP contribution in [0.15, 0.2) is 91.1 Å². The lowest BCUT2D eigenvalue weighted by Gasteiger charge is -2.28. The van der Waals surface area contributed by atoms with Crippen LogP contribution in [0.2, 0.25) is 0 Å². The van der Waals surface area contributed by atoms with Gasteiger partial charge in [0.1, 0.15) is 18.5 Å². The molecule has 0 fully saturated rings. The number of carbonyl (C=O) groups is 1. The van der Waals surface area contributed by atoms with Gasteiger partial charge in [0.15, 0.2) is 11.5 Å². The van der Waals surface area contributed by atoms with Crippen molar-refractivity contribution in [2.24, 2.45) is 0 Å². The first-order valence-corrected chi connectivity index (χ1v) is 12.9. The Balaban J connectivity index is 1.60. The molecule has 3 aromatic carbocycles. The zero-order chi connectivity index (χ0) is 30.2. The van der Waals surface area contributed by atoms with E-state index in [1.165, 1.54) is 29.3 Å². The lowest BCUT2D eigenvalue weighted by molar-refractivity contribution is -0.0693. The van der Waals surface area contributed by atoms with E-state index in [9.17, 15) is 27.5 Å². The summed E-state index contributed by atoms with van der Waals surface area (Å²) in [7, 11) is 0. The molecule has 1 aromatic heterocycles. The third-order valence-corrected chi connectivity index (χ3v) is 6.40. The summed E-state index contributed by atoms with van der Waals surface area (Å²) in [4.78, 5) is 19.1. The molecular formula is C31H28F4N2O5. The first-order chi connectivity index (χ1) is 20.1. The average Bonchev–Trinajstić information content (AvgIpc) is 2.97. The van der Waals surface area contributed by atoms with Gasteiger partial charge >= 0.3 is 19.3 Å². The fourth-order valence-corrected chi connectivity index (χ4v) is 4.20. The zero-order valence-electron chi connectivity index (χ0n) is 22.7. The Kier molecular flexibility index (Phi) is 9.98. The molecule has 0 radical (unpaired) electrons. The normalized spacial score (nSPS) is 12.6. The van der Waals surface area contributed by atoms with E-state index in [2.05, 4.69) is 14.5 Å². The number of rotatable bonds is 11. The first kappa shape index (κ1) is 30.3. The summed E-state index contributed by atoms with van der Waals surface area (Å²) >= 11 is 0. The number of carbonyl (C=O) groups excluding carboxylic acids is 1. The number of ether oxygens (including phenoxy) is 3. The lowest BCUT2D eigenvalue weighted by atomic mass is 10.0. The number of anilines is 1. The van der Waals surface area contributed by atoms with Gasteiger partial charge in [0.2, 0.25) is 0 Å². The minimum atomic E-state index is -3.30. The van der Waals surface area contributed by atoms with Crippen molar-refractivity contribution in [3.8, 4) is 11.5 Å². The van der Waals surface area contributed by atoms with Gasteiger partial charge in [-0.3, -0.25) is 4.90 Å². The van der Waals surface area contributed by atoms with Gasteiger partial charge in [-0.2, -0.15) is 17.6 Å². The van der Waals surface area contributed by atoms with Crippen LogP contribution >= 0.6 is 0 Å². The Morgan fingerprint density at radius 2 is 1.45 bits per heavy atom. The van der Waals surface area contributed by atoms with Crippen molar-refractivity contribution >= 4 is 11.9 Å². The van der Waals surface area contributed by atoms with E-state index in [1.54, 1.807) is 0 Å². The van der Waals surface area contributed by atoms with Crippen molar-refractivity contribution in [2.45, 2.75) is 45.8 Å². The van der Waals surface area contributed by atoms with Gasteiger partial charge in [-0.25, -0.2) is 9.78 Å². The average molecular weight is 585 g/mol. The topological polar surface area (TPSA) is 81.1 Å². The third-order valence-electron chi connectivity index (χ3n) is 6.40. The number of aromatic nitrogens is 1. The molecule has 0 saturated heterocycles. The second-order valence-electron chi connectivity index (χ2n) is 9.31.